The van der Waals surface area contributed by atoms with Crippen LogP contribution in [0.1, 0.15) is 61.6 Å². The summed E-state index contributed by atoms with van der Waals surface area (Å²) in [4.78, 5) is 0. The quantitative estimate of drug-likeness (QED) is 0.515. The van der Waals surface area contributed by atoms with E-state index in [9.17, 15) is 10.2 Å². The van der Waals surface area contributed by atoms with Gasteiger partial charge in [0.15, 0.2) is 11.5 Å². The van der Waals surface area contributed by atoms with Crippen molar-refractivity contribution >= 4 is 11.9 Å². The molecule has 3 aliphatic rings. The molecule has 2 aromatic carbocycles. The molecule has 2 fully saturated rings. The second-order valence-corrected chi connectivity index (χ2v) is 9.52. The maximum Gasteiger partial charge on any atom is 0.161 e. The number of ether oxygens (including phenoxy) is 1. The summed E-state index contributed by atoms with van der Waals surface area (Å²) in [6.07, 6.45) is 8.51. The van der Waals surface area contributed by atoms with E-state index in [0.717, 1.165) is 24.8 Å². The van der Waals surface area contributed by atoms with Gasteiger partial charge in [-0.05, 0) is 103 Å². The van der Waals surface area contributed by atoms with Crippen molar-refractivity contribution in [1.29, 1.82) is 0 Å². The highest BCUT2D eigenvalue weighted by Gasteiger charge is 2.53. The number of aryl methyl sites for hydroxylation is 1. The molecular formula is C26H30N2O3. The van der Waals surface area contributed by atoms with Crippen LogP contribution in [0.2, 0.25) is 0 Å². The van der Waals surface area contributed by atoms with Crippen LogP contribution in [0.3, 0.4) is 0 Å². The van der Waals surface area contributed by atoms with E-state index in [1.807, 2.05) is 18.2 Å². The molecule has 2 N–H and O–H groups in total. The maximum atomic E-state index is 9.87. The van der Waals surface area contributed by atoms with Crippen molar-refractivity contribution in [2.24, 2.45) is 27.5 Å². The van der Waals surface area contributed by atoms with Gasteiger partial charge in [-0.25, -0.2) is 0 Å². The molecule has 162 valence electrons. The largest absolute Gasteiger partial charge is 0.508 e. The second-order valence-electron chi connectivity index (χ2n) is 9.52. The fourth-order valence-electron chi connectivity index (χ4n) is 6.46. The third kappa shape index (κ3) is 3.40. The average molecular weight is 419 g/mol. The van der Waals surface area contributed by atoms with E-state index in [2.05, 4.69) is 18.1 Å². The number of nitrogens with zero attached hydrogens (tertiary/aromatic N) is 2. The van der Waals surface area contributed by atoms with E-state index < -0.39 is 0 Å². The van der Waals surface area contributed by atoms with E-state index >= 15 is 0 Å². The van der Waals surface area contributed by atoms with Gasteiger partial charge in [-0.1, -0.05) is 13.0 Å². The molecule has 5 rings (SSSR count). The third-order valence-corrected chi connectivity index (χ3v) is 8.04. The van der Waals surface area contributed by atoms with Crippen molar-refractivity contribution in [3.05, 3.63) is 53.1 Å². The van der Waals surface area contributed by atoms with Crippen LogP contribution in [0.4, 0.5) is 0 Å². The van der Waals surface area contributed by atoms with E-state index in [-0.39, 0.29) is 11.2 Å². The summed E-state index contributed by atoms with van der Waals surface area (Å²) in [5, 5.41) is 28.7. The summed E-state index contributed by atoms with van der Waals surface area (Å²) in [6.45, 7) is 2.39. The first-order valence-electron chi connectivity index (χ1n) is 11.3. The molecule has 0 radical (unpaired) electrons. The Morgan fingerprint density at radius 1 is 1.06 bits per heavy atom. The smallest absolute Gasteiger partial charge is 0.161 e. The minimum Gasteiger partial charge on any atom is -0.508 e. The first-order chi connectivity index (χ1) is 15.0. The lowest BCUT2D eigenvalue weighted by atomic mass is 9.55. The van der Waals surface area contributed by atoms with Crippen LogP contribution in [-0.4, -0.2) is 29.2 Å². The molecule has 2 aromatic rings. The van der Waals surface area contributed by atoms with Gasteiger partial charge in [0.1, 0.15) is 5.75 Å². The number of phenolic OH excluding ortho intramolecular Hbond substituents is 2. The Morgan fingerprint density at radius 3 is 2.77 bits per heavy atom. The Hall–Kier alpha value is -2.82. The molecule has 0 aliphatic heterocycles. The first kappa shape index (κ1) is 20.1. The van der Waals surface area contributed by atoms with E-state index in [0.29, 0.717) is 29.3 Å². The summed E-state index contributed by atoms with van der Waals surface area (Å²) in [7, 11) is 1.54. The number of hydrogen-bond acceptors (Lipinski definition) is 5. The van der Waals surface area contributed by atoms with Crippen molar-refractivity contribution in [1.82, 2.24) is 0 Å². The van der Waals surface area contributed by atoms with Crippen LogP contribution >= 0.6 is 0 Å². The number of benzene rings is 2. The minimum atomic E-state index is 0.123. The second kappa shape index (κ2) is 7.70. The van der Waals surface area contributed by atoms with Gasteiger partial charge in [0, 0.05) is 11.1 Å². The molecule has 0 aromatic heterocycles. The molecule has 3 aliphatic carbocycles. The predicted molar refractivity (Wildman–Crippen MR) is 122 cm³/mol. The topological polar surface area (TPSA) is 74.4 Å². The fraction of sp³-hybridized carbons (Fsp3) is 0.462. The Morgan fingerprint density at radius 2 is 1.94 bits per heavy atom. The number of hydrogen-bond donors (Lipinski definition) is 2. The van der Waals surface area contributed by atoms with Crippen molar-refractivity contribution in [3.8, 4) is 17.2 Å². The zero-order valence-corrected chi connectivity index (χ0v) is 18.2. The van der Waals surface area contributed by atoms with Crippen molar-refractivity contribution in [3.63, 3.8) is 0 Å². The number of aromatic hydroxyl groups is 2. The van der Waals surface area contributed by atoms with Crippen molar-refractivity contribution in [2.75, 3.05) is 7.11 Å². The van der Waals surface area contributed by atoms with Crippen molar-refractivity contribution < 1.29 is 14.9 Å². The lowest BCUT2D eigenvalue weighted by molar-refractivity contribution is 0.0955. The van der Waals surface area contributed by atoms with Gasteiger partial charge in [-0.2, -0.15) is 10.2 Å². The monoisotopic (exact) mass is 418 g/mol. The van der Waals surface area contributed by atoms with Crippen LogP contribution in [0.5, 0.6) is 17.2 Å². The van der Waals surface area contributed by atoms with Gasteiger partial charge in [0.25, 0.3) is 0 Å². The summed E-state index contributed by atoms with van der Waals surface area (Å²) < 4.78 is 5.17. The van der Waals surface area contributed by atoms with Crippen LogP contribution in [-0.2, 0) is 6.42 Å². The maximum absolute atomic E-state index is 9.87. The van der Waals surface area contributed by atoms with E-state index in [1.165, 1.54) is 36.1 Å². The number of rotatable bonds is 3. The SMILES string of the molecule is COc1cc(/C=N\N=C2\CC[C@H]3[C@H]4CCc5cc(O)ccc5[C@H]4CC[C@@]23C)ccc1O. The average Bonchev–Trinajstić information content (AvgIpc) is 3.11. The zero-order chi connectivity index (χ0) is 21.6. The molecule has 31 heavy (non-hydrogen) atoms. The molecular weight excluding hydrogens is 388 g/mol. The van der Waals surface area contributed by atoms with Crippen LogP contribution in [0, 0.1) is 17.3 Å². The first-order valence-corrected chi connectivity index (χ1v) is 11.3. The highest BCUT2D eigenvalue weighted by molar-refractivity contribution is 5.93. The Bertz CT molecular complexity index is 1060. The van der Waals surface area contributed by atoms with Crippen LogP contribution < -0.4 is 4.74 Å². The van der Waals surface area contributed by atoms with Gasteiger partial charge >= 0.3 is 0 Å². The zero-order valence-electron chi connectivity index (χ0n) is 18.2. The minimum absolute atomic E-state index is 0.123. The molecule has 0 amide bonds. The lowest BCUT2D eigenvalue weighted by Gasteiger charge is -2.49. The number of methoxy groups -OCH3 is 1. The van der Waals surface area contributed by atoms with Gasteiger partial charge in [-0.15, -0.1) is 0 Å². The molecule has 0 bridgehead atoms. The van der Waals surface area contributed by atoms with Crippen LogP contribution in [0.25, 0.3) is 0 Å². The molecule has 0 unspecified atom stereocenters. The Kier molecular flexibility index (Phi) is 4.99. The Labute approximate surface area is 183 Å². The molecule has 4 atom stereocenters. The van der Waals surface area contributed by atoms with Gasteiger partial charge < -0.3 is 14.9 Å². The highest BCUT2D eigenvalue weighted by atomic mass is 16.5. The van der Waals surface area contributed by atoms with E-state index in [1.54, 1.807) is 25.5 Å². The standard InChI is InChI=1S/C26H30N2O3/c1-26-12-11-20-19-7-5-18(29)14-17(19)4-6-21(20)22(26)8-10-25(26)28-27-15-16-3-9-23(30)24(13-16)31-2/h3,5,7,9,13-15,20-22,29-30H,4,6,8,10-12H2,1-2H3/b27-15-,28-25-/t20-,21+,22+,26-/m1/s1. The molecule has 2 saturated carbocycles. The third-order valence-electron chi connectivity index (χ3n) is 8.04. The Balaban J connectivity index is 1.36. The fourth-order valence-corrected chi connectivity index (χ4v) is 6.46. The predicted octanol–water partition coefficient (Wildman–Crippen LogP) is 5.44. The number of fused-ring (bicyclic) bond motifs is 5. The summed E-state index contributed by atoms with van der Waals surface area (Å²) >= 11 is 0. The van der Waals surface area contributed by atoms with Gasteiger partial charge in [0.05, 0.1) is 13.3 Å². The molecule has 5 nitrogen and oxygen atoms in total. The van der Waals surface area contributed by atoms with Crippen molar-refractivity contribution in [2.45, 2.75) is 51.4 Å². The molecule has 0 spiro atoms. The molecule has 0 saturated heterocycles. The van der Waals surface area contributed by atoms with E-state index in [4.69, 9.17) is 9.84 Å². The van der Waals surface area contributed by atoms with Gasteiger partial charge in [-0.3, -0.25) is 0 Å². The summed E-state index contributed by atoms with van der Waals surface area (Å²) in [5.74, 6) is 2.89. The molecule has 5 heteroatoms. The highest BCUT2D eigenvalue weighted by Crippen LogP contribution is 2.60. The van der Waals surface area contributed by atoms with Gasteiger partial charge in [0.2, 0.25) is 0 Å². The molecule has 0 heterocycles. The van der Waals surface area contributed by atoms with Crippen LogP contribution in [0.15, 0.2) is 46.6 Å². The normalized spacial score (nSPS) is 30.8. The summed E-state index contributed by atoms with van der Waals surface area (Å²) in [5.41, 5.74) is 5.01. The number of phenols is 2. The lowest BCUT2D eigenvalue weighted by Crippen LogP contribution is -2.42. The summed E-state index contributed by atoms with van der Waals surface area (Å²) in [6, 6.07) is 11.2.